The molecule has 0 aliphatic heterocycles. The maximum atomic E-state index is 12.3. The van der Waals surface area contributed by atoms with Crippen molar-refractivity contribution in [2.24, 2.45) is 0 Å². The zero-order chi connectivity index (χ0) is 19.7. The van der Waals surface area contributed by atoms with E-state index >= 15 is 0 Å². The molecule has 2 aromatic heterocycles. The van der Waals surface area contributed by atoms with Crippen LogP contribution in [0.1, 0.15) is 10.5 Å². The van der Waals surface area contributed by atoms with Gasteiger partial charge in [0.05, 0.1) is 11.9 Å². The van der Waals surface area contributed by atoms with Crippen molar-refractivity contribution in [3.05, 3.63) is 72.6 Å². The molecule has 0 radical (unpaired) electrons. The van der Waals surface area contributed by atoms with Gasteiger partial charge in [0.2, 0.25) is 0 Å². The fourth-order valence-electron chi connectivity index (χ4n) is 2.89. The molecule has 0 aliphatic carbocycles. The van der Waals surface area contributed by atoms with Crippen LogP contribution in [0, 0.1) is 0 Å². The van der Waals surface area contributed by atoms with Crippen molar-refractivity contribution in [2.45, 2.75) is 6.61 Å². The molecule has 1 N–H and O–H groups in total. The van der Waals surface area contributed by atoms with Crippen LogP contribution >= 0.6 is 0 Å². The number of carboxylic acids is 1. The molecule has 0 saturated heterocycles. The van der Waals surface area contributed by atoms with E-state index in [-0.39, 0.29) is 11.4 Å². The third kappa shape index (κ3) is 3.27. The normalized spacial score (nSPS) is 11.1. The highest BCUT2D eigenvalue weighted by Gasteiger charge is 2.18. The Hall–Kier alpha value is -3.81. The van der Waals surface area contributed by atoms with Crippen molar-refractivity contribution in [3.63, 3.8) is 0 Å². The van der Waals surface area contributed by atoms with Crippen molar-refractivity contribution in [2.75, 3.05) is 0 Å². The number of aromatic carboxylic acids is 1. The average molecular weight is 381 g/mol. The molecular weight excluding hydrogens is 368 g/mol. The first-order valence-corrected chi connectivity index (χ1v) is 8.25. The molecule has 4 aromatic rings. The van der Waals surface area contributed by atoms with Crippen molar-refractivity contribution in [1.82, 2.24) is 14.6 Å². The number of hydrogen-bond acceptors (Lipinski definition) is 4. The van der Waals surface area contributed by atoms with Gasteiger partial charge in [-0.2, -0.15) is 13.9 Å². The number of aromatic nitrogens is 3. The zero-order valence-electron chi connectivity index (χ0n) is 14.3. The minimum atomic E-state index is -2.92. The highest BCUT2D eigenvalue weighted by atomic mass is 19.3. The Bertz CT molecular complexity index is 1140. The zero-order valence-corrected chi connectivity index (χ0v) is 14.3. The van der Waals surface area contributed by atoms with Crippen molar-refractivity contribution >= 4 is 11.6 Å². The maximum absolute atomic E-state index is 12.3. The maximum Gasteiger partial charge on any atom is 0.387 e. The molecule has 0 spiro atoms. The third-order valence-electron chi connectivity index (χ3n) is 4.15. The predicted octanol–water partition coefficient (Wildman–Crippen LogP) is 4.36. The number of carboxylic acid groups (broad SMARTS) is 1. The second kappa shape index (κ2) is 7.07. The summed E-state index contributed by atoms with van der Waals surface area (Å²) in [5.41, 5.74) is 2.80. The lowest BCUT2D eigenvalue weighted by atomic mass is 10.1. The van der Waals surface area contributed by atoms with E-state index in [1.165, 1.54) is 22.7 Å². The minimum Gasteiger partial charge on any atom is -0.477 e. The highest BCUT2D eigenvalue weighted by molar-refractivity contribution is 5.90. The first-order chi connectivity index (χ1) is 13.5. The van der Waals surface area contributed by atoms with Gasteiger partial charge >= 0.3 is 12.6 Å². The van der Waals surface area contributed by atoms with Crippen LogP contribution in [0.5, 0.6) is 5.75 Å². The Morgan fingerprint density at radius 2 is 1.75 bits per heavy atom. The van der Waals surface area contributed by atoms with E-state index in [1.54, 1.807) is 18.3 Å². The molecule has 0 unspecified atom stereocenters. The van der Waals surface area contributed by atoms with Crippen LogP contribution in [0.2, 0.25) is 0 Å². The molecule has 0 atom stereocenters. The second-order valence-electron chi connectivity index (χ2n) is 5.89. The van der Waals surface area contributed by atoms with E-state index in [9.17, 15) is 18.7 Å². The number of halogens is 2. The van der Waals surface area contributed by atoms with Crippen LogP contribution in [-0.4, -0.2) is 32.3 Å². The number of benzene rings is 2. The summed E-state index contributed by atoms with van der Waals surface area (Å²) in [6.07, 6.45) is 1.56. The summed E-state index contributed by atoms with van der Waals surface area (Å²) in [7, 11) is 0. The van der Waals surface area contributed by atoms with Crippen LogP contribution in [-0.2, 0) is 0 Å². The Labute approximate surface area is 157 Å². The number of alkyl halides is 2. The number of hydrogen-bond donors (Lipinski definition) is 1. The van der Waals surface area contributed by atoms with E-state index in [2.05, 4.69) is 14.8 Å². The van der Waals surface area contributed by atoms with Gasteiger partial charge < -0.3 is 9.84 Å². The molecule has 0 amide bonds. The Morgan fingerprint density at radius 1 is 1.04 bits per heavy atom. The summed E-state index contributed by atoms with van der Waals surface area (Å²) in [6.45, 7) is -2.92. The summed E-state index contributed by atoms with van der Waals surface area (Å²) in [5.74, 6) is -1.15. The van der Waals surface area contributed by atoms with Crippen molar-refractivity contribution < 1.29 is 23.4 Å². The van der Waals surface area contributed by atoms with E-state index in [0.29, 0.717) is 22.5 Å². The van der Waals surface area contributed by atoms with E-state index in [1.807, 2.05) is 30.3 Å². The molecule has 4 rings (SSSR count). The Balaban J connectivity index is 1.86. The molecule has 8 heteroatoms. The summed E-state index contributed by atoms with van der Waals surface area (Å²) < 4.78 is 30.2. The number of ether oxygens (including phenoxy) is 1. The fourth-order valence-corrected chi connectivity index (χ4v) is 2.89. The molecule has 2 aromatic carbocycles. The molecule has 140 valence electrons. The number of fused-ring (bicyclic) bond motifs is 1. The van der Waals surface area contributed by atoms with Crippen LogP contribution < -0.4 is 4.74 Å². The molecule has 0 saturated carbocycles. The summed E-state index contributed by atoms with van der Waals surface area (Å²) in [5, 5.41) is 13.8. The lowest BCUT2D eigenvalue weighted by Gasteiger charge is -2.08. The lowest BCUT2D eigenvalue weighted by Crippen LogP contribution is -2.08. The lowest BCUT2D eigenvalue weighted by molar-refractivity contribution is -0.0498. The topological polar surface area (TPSA) is 76.7 Å². The number of nitrogens with zero attached hydrogens (tertiary/aromatic N) is 3. The molecule has 0 bridgehead atoms. The van der Waals surface area contributed by atoms with Gasteiger partial charge in [0.15, 0.2) is 11.3 Å². The fraction of sp³-hybridized carbons (Fsp3) is 0.0500. The number of rotatable bonds is 5. The van der Waals surface area contributed by atoms with Crippen molar-refractivity contribution in [1.29, 1.82) is 0 Å². The standard InChI is InChI=1S/C20H13F2N3O3/c21-20(22)28-14-8-6-13(7-9-14)16-10-17(19(26)27)25-18(24-16)15(11-23-25)12-4-2-1-3-5-12/h1-11,20H,(H,26,27). The SMILES string of the molecule is O=C(O)c1cc(-c2ccc(OC(F)F)cc2)nc2c(-c3ccccc3)cnn12. The minimum absolute atomic E-state index is 0.00705. The molecule has 0 aliphatic rings. The molecular formula is C20H13F2N3O3. The van der Waals surface area contributed by atoms with Crippen LogP contribution in [0.4, 0.5) is 8.78 Å². The largest absolute Gasteiger partial charge is 0.477 e. The molecule has 28 heavy (non-hydrogen) atoms. The smallest absolute Gasteiger partial charge is 0.387 e. The first-order valence-electron chi connectivity index (χ1n) is 8.25. The molecule has 0 fully saturated rings. The third-order valence-corrected chi connectivity index (χ3v) is 4.15. The first kappa shape index (κ1) is 17.6. The molecule has 6 nitrogen and oxygen atoms in total. The quantitative estimate of drug-likeness (QED) is 0.556. The van der Waals surface area contributed by atoms with Crippen molar-refractivity contribution in [3.8, 4) is 28.1 Å². The van der Waals surface area contributed by atoms with Crippen LogP contribution in [0.3, 0.4) is 0 Å². The predicted molar refractivity (Wildman–Crippen MR) is 97.5 cm³/mol. The monoisotopic (exact) mass is 381 g/mol. The Kier molecular flexibility index (Phi) is 4.44. The molecule has 2 heterocycles. The van der Waals surface area contributed by atoms with E-state index < -0.39 is 12.6 Å². The van der Waals surface area contributed by atoms with Gasteiger partial charge in [0.25, 0.3) is 0 Å². The van der Waals surface area contributed by atoms with Gasteiger partial charge in [-0.1, -0.05) is 30.3 Å². The van der Waals surface area contributed by atoms with Crippen LogP contribution in [0.25, 0.3) is 28.0 Å². The summed E-state index contributed by atoms with van der Waals surface area (Å²) >= 11 is 0. The van der Waals surface area contributed by atoms with Gasteiger partial charge in [-0.15, -0.1) is 0 Å². The van der Waals surface area contributed by atoms with Gasteiger partial charge in [0.1, 0.15) is 5.75 Å². The number of carbonyl (C=O) groups is 1. The average Bonchev–Trinajstić information content (AvgIpc) is 3.12. The summed E-state index contributed by atoms with van der Waals surface area (Å²) in [6, 6.07) is 16.6. The van der Waals surface area contributed by atoms with E-state index in [0.717, 1.165) is 5.56 Å². The summed E-state index contributed by atoms with van der Waals surface area (Å²) in [4.78, 5) is 16.3. The van der Waals surface area contributed by atoms with Gasteiger partial charge in [-0.3, -0.25) is 0 Å². The second-order valence-corrected chi connectivity index (χ2v) is 5.89. The highest BCUT2D eigenvalue weighted by Crippen LogP contribution is 2.28. The van der Waals surface area contributed by atoms with Gasteiger partial charge in [-0.05, 0) is 35.9 Å². The van der Waals surface area contributed by atoms with E-state index in [4.69, 9.17) is 0 Å². The van der Waals surface area contributed by atoms with Crippen LogP contribution in [0.15, 0.2) is 66.9 Å². The van der Waals surface area contributed by atoms with Gasteiger partial charge in [0, 0.05) is 11.1 Å². The van der Waals surface area contributed by atoms with Gasteiger partial charge in [-0.25, -0.2) is 14.3 Å². The Morgan fingerprint density at radius 3 is 2.39 bits per heavy atom.